The van der Waals surface area contributed by atoms with Gasteiger partial charge in [-0.1, -0.05) is 26.7 Å². The highest BCUT2D eigenvalue weighted by Gasteiger charge is 2.24. The van der Waals surface area contributed by atoms with E-state index in [2.05, 4.69) is 13.8 Å². The van der Waals surface area contributed by atoms with Gasteiger partial charge >= 0.3 is 0 Å². The van der Waals surface area contributed by atoms with Crippen LogP contribution in [0.15, 0.2) is 0 Å². The Morgan fingerprint density at radius 1 is 1.29 bits per heavy atom. The summed E-state index contributed by atoms with van der Waals surface area (Å²) in [5.74, 6) is 0. The topological polar surface area (TPSA) is 31.0 Å². The first-order valence-corrected chi connectivity index (χ1v) is 5.71. The largest absolute Gasteiger partial charge is 0.371 e. The Hall–Kier alpha value is -0.120. The minimum atomic E-state index is -0.0178. The summed E-state index contributed by atoms with van der Waals surface area (Å²) in [6.45, 7) is 6.67. The van der Waals surface area contributed by atoms with Crippen molar-refractivity contribution in [1.29, 1.82) is 0 Å². The van der Waals surface area contributed by atoms with Crippen molar-refractivity contribution in [2.24, 2.45) is 0 Å². The van der Waals surface area contributed by atoms with Crippen LogP contribution in [0.1, 0.15) is 39.5 Å². The van der Waals surface area contributed by atoms with Gasteiger partial charge in [-0.05, 0) is 12.8 Å². The standard InChI is InChI=1S/C11H22O3/c1-3-5-7-12-11(6-4-2)14-9-10-8-13-10/h10-11H,3-9H2,1-2H3. The number of ether oxygens (including phenoxy) is 3. The quantitative estimate of drug-likeness (QED) is 0.327. The summed E-state index contributed by atoms with van der Waals surface area (Å²) in [4.78, 5) is 0. The normalized spacial score (nSPS) is 22.3. The predicted molar refractivity (Wildman–Crippen MR) is 55.2 cm³/mol. The first-order valence-electron chi connectivity index (χ1n) is 5.71. The van der Waals surface area contributed by atoms with Crippen molar-refractivity contribution < 1.29 is 14.2 Å². The Morgan fingerprint density at radius 3 is 2.64 bits per heavy atom. The third kappa shape index (κ3) is 5.58. The lowest BCUT2D eigenvalue weighted by atomic mass is 10.3. The molecule has 1 fully saturated rings. The molecular formula is C11H22O3. The molecule has 1 rings (SSSR count). The molecule has 1 heterocycles. The highest BCUT2D eigenvalue weighted by Crippen LogP contribution is 2.12. The van der Waals surface area contributed by atoms with Crippen molar-refractivity contribution in [2.45, 2.75) is 51.9 Å². The summed E-state index contributed by atoms with van der Waals surface area (Å²) < 4.78 is 16.3. The second-order valence-corrected chi connectivity index (χ2v) is 3.73. The molecule has 3 nitrogen and oxygen atoms in total. The molecule has 2 unspecified atom stereocenters. The average Bonchev–Trinajstić information content (AvgIpc) is 2.98. The van der Waals surface area contributed by atoms with Gasteiger partial charge in [-0.3, -0.25) is 0 Å². The molecule has 0 aromatic rings. The summed E-state index contributed by atoms with van der Waals surface area (Å²) in [6, 6.07) is 0. The molecule has 0 amide bonds. The second-order valence-electron chi connectivity index (χ2n) is 3.73. The van der Waals surface area contributed by atoms with Gasteiger partial charge in [0.05, 0.1) is 13.2 Å². The molecule has 0 aromatic heterocycles. The van der Waals surface area contributed by atoms with Crippen LogP contribution in [0.5, 0.6) is 0 Å². The highest BCUT2D eigenvalue weighted by atomic mass is 16.7. The Labute approximate surface area is 86.7 Å². The number of hydrogen-bond donors (Lipinski definition) is 0. The number of rotatable bonds is 9. The maximum absolute atomic E-state index is 5.62. The molecule has 0 spiro atoms. The molecule has 0 aliphatic carbocycles. The van der Waals surface area contributed by atoms with E-state index >= 15 is 0 Å². The van der Waals surface area contributed by atoms with Gasteiger partial charge < -0.3 is 14.2 Å². The van der Waals surface area contributed by atoms with Crippen LogP contribution < -0.4 is 0 Å². The summed E-state index contributed by atoms with van der Waals surface area (Å²) in [7, 11) is 0. The van der Waals surface area contributed by atoms with Crippen molar-refractivity contribution in [1.82, 2.24) is 0 Å². The van der Waals surface area contributed by atoms with Crippen LogP contribution in [0.2, 0.25) is 0 Å². The van der Waals surface area contributed by atoms with Crippen molar-refractivity contribution >= 4 is 0 Å². The van der Waals surface area contributed by atoms with Gasteiger partial charge in [-0.2, -0.15) is 0 Å². The SMILES string of the molecule is CCCCOC(CCC)OCC1CO1. The Balaban J connectivity index is 2.02. The maximum atomic E-state index is 5.62. The van der Waals surface area contributed by atoms with E-state index in [1.807, 2.05) is 0 Å². The van der Waals surface area contributed by atoms with Gasteiger partial charge in [-0.25, -0.2) is 0 Å². The minimum absolute atomic E-state index is 0.0178. The van der Waals surface area contributed by atoms with Crippen LogP contribution in [0.4, 0.5) is 0 Å². The zero-order valence-corrected chi connectivity index (χ0v) is 9.33. The van der Waals surface area contributed by atoms with Crippen molar-refractivity contribution in [3.63, 3.8) is 0 Å². The molecule has 84 valence electrons. The van der Waals surface area contributed by atoms with Crippen LogP contribution in [0.3, 0.4) is 0 Å². The van der Waals surface area contributed by atoms with Crippen molar-refractivity contribution in [3.8, 4) is 0 Å². The molecule has 0 radical (unpaired) electrons. The molecule has 1 aliphatic rings. The minimum Gasteiger partial charge on any atom is -0.371 e. The van der Waals surface area contributed by atoms with E-state index in [-0.39, 0.29) is 6.29 Å². The Bertz CT molecular complexity index is 134. The van der Waals surface area contributed by atoms with Gasteiger partial charge in [0.15, 0.2) is 6.29 Å². The summed E-state index contributed by atoms with van der Waals surface area (Å²) in [5, 5.41) is 0. The lowest BCUT2D eigenvalue weighted by molar-refractivity contribution is -0.148. The fourth-order valence-electron chi connectivity index (χ4n) is 1.19. The third-order valence-electron chi connectivity index (χ3n) is 2.20. The molecule has 2 atom stereocenters. The second kappa shape index (κ2) is 7.21. The summed E-state index contributed by atoms with van der Waals surface area (Å²) in [5.41, 5.74) is 0. The Morgan fingerprint density at radius 2 is 2.07 bits per heavy atom. The van der Waals surface area contributed by atoms with Gasteiger partial charge in [0.25, 0.3) is 0 Å². The average molecular weight is 202 g/mol. The van der Waals surface area contributed by atoms with Gasteiger partial charge in [0, 0.05) is 6.61 Å². The number of epoxide rings is 1. The van der Waals surface area contributed by atoms with Gasteiger partial charge in [0.1, 0.15) is 6.10 Å². The van der Waals surface area contributed by atoms with Crippen molar-refractivity contribution in [3.05, 3.63) is 0 Å². The fraction of sp³-hybridized carbons (Fsp3) is 1.00. The fourth-order valence-corrected chi connectivity index (χ4v) is 1.19. The van der Waals surface area contributed by atoms with Crippen LogP contribution >= 0.6 is 0 Å². The monoisotopic (exact) mass is 202 g/mol. The molecule has 1 aliphatic heterocycles. The van der Waals surface area contributed by atoms with Gasteiger partial charge in [0.2, 0.25) is 0 Å². The summed E-state index contributed by atoms with van der Waals surface area (Å²) in [6.07, 6.45) is 4.69. The van der Waals surface area contributed by atoms with E-state index in [4.69, 9.17) is 14.2 Å². The van der Waals surface area contributed by atoms with E-state index in [0.717, 1.165) is 32.5 Å². The lowest BCUT2D eigenvalue weighted by Gasteiger charge is -2.17. The first-order chi connectivity index (χ1) is 6.86. The number of unbranched alkanes of at least 4 members (excludes halogenated alkanes) is 1. The highest BCUT2D eigenvalue weighted by molar-refractivity contribution is 4.67. The molecule has 0 saturated carbocycles. The molecule has 14 heavy (non-hydrogen) atoms. The van der Waals surface area contributed by atoms with E-state index in [0.29, 0.717) is 12.7 Å². The Kier molecular flexibility index (Phi) is 6.15. The molecule has 0 N–H and O–H groups in total. The van der Waals surface area contributed by atoms with Gasteiger partial charge in [-0.15, -0.1) is 0 Å². The lowest BCUT2D eigenvalue weighted by Crippen LogP contribution is -2.20. The van der Waals surface area contributed by atoms with E-state index in [1.165, 1.54) is 6.42 Å². The van der Waals surface area contributed by atoms with E-state index < -0.39 is 0 Å². The predicted octanol–water partition coefficient (Wildman–Crippen LogP) is 2.34. The van der Waals surface area contributed by atoms with E-state index in [9.17, 15) is 0 Å². The van der Waals surface area contributed by atoms with Crippen LogP contribution in [-0.2, 0) is 14.2 Å². The van der Waals surface area contributed by atoms with Crippen molar-refractivity contribution in [2.75, 3.05) is 19.8 Å². The molecule has 0 aromatic carbocycles. The third-order valence-corrected chi connectivity index (χ3v) is 2.20. The summed E-state index contributed by atoms with van der Waals surface area (Å²) >= 11 is 0. The molecule has 3 heteroatoms. The zero-order chi connectivity index (χ0) is 10.2. The number of hydrogen-bond acceptors (Lipinski definition) is 3. The zero-order valence-electron chi connectivity index (χ0n) is 9.33. The molecular weight excluding hydrogens is 180 g/mol. The molecule has 1 saturated heterocycles. The first kappa shape index (κ1) is 12.0. The smallest absolute Gasteiger partial charge is 0.157 e. The van der Waals surface area contributed by atoms with Crippen LogP contribution in [-0.4, -0.2) is 32.2 Å². The van der Waals surface area contributed by atoms with Crippen LogP contribution in [0, 0.1) is 0 Å². The van der Waals surface area contributed by atoms with Crippen LogP contribution in [0.25, 0.3) is 0 Å². The maximum Gasteiger partial charge on any atom is 0.157 e. The molecule has 0 bridgehead atoms. The van der Waals surface area contributed by atoms with E-state index in [1.54, 1.807) is 0 Å².